The van der Waals surface area contributed by atoms with Crippen molar-refractivity contribution in [1.82, 2.24) is 9.78 Å². The van der Waals surface area contributed by atoms with Crippen LogP contribution in [-0.2, 0) is 11.3 Å². The van der Waals surface area contributed by atoms with Gasteiger partial charge in [0, 0.05) is 11.6 Å². The number of carbonyl (C=O) groups is 1. The molecule has 0 aliphatic heterocycles. The van der Waals surface area contributed by atoms with E-state index in [2.05, 4.69) is 10.4 Å². The van der Waals surface area contributed by atoms with Crippen molar-refractivity contribution in [3.05, 3.63) is 76.6 Å². The topological polar surface area (TPSA) is 73.2 Å². The smallest absolute Gasteiger partial charge is 0.267 e. The quantitative estimate of drug-likeness (QED) is 0.769. The van der Waals surface area contributed by atoms with Gasteiger partial charge in [-0.2, -0.15) is 5.10 Å². The molecule has 0 saturated carbocycles. The molecule has 0 aliphatic rings. The number of nitrogens with zero attached hydrogens (tertiary/aromatic N) is 2. The van der Waals surface area contributed by atoms with Crippen LogP contribution in [0.4, 0.5) is 5.69 Å². The van der Waals surface area contributed by atoms with Crippen molar-refractivity contribution in [2.45, 2.75) is 13.5 Å². The third kappa shape index (κ3) is 3.80. The number of aromatic nitrogens is 2. The lowest BCUT2D eigenvalue weighted by Crippen LogP contribution is -2.29. The summed E-state index contributed by atoms with van der Waals surface area (Å²) in [5.41, 5.74) is 2.82. The molecule has 0 unspecified atom stereocenters. The summed E-state index contributed by atoms with van der Waals surface area (Å²) in [7, 11) is 1.53. The van der Waals surface area contributed by atoms with E-state index in [1.807, 2.05) is 37.3 Å². The highest BCUT2D eigenvalue weighted by Gasteiger charge is 2.11. The first-order valence-corrected chi connectivity index (χ1v) is 8.15. The van der Waals surface area contributed by atoms with E-state index in [1.165, 1.54) is 13.2 Å². The molecule has 1 aromatic heterocycles. The summed E-state index contributed by atoms with van der Waals surface area (Å²) in [6.07, 6.45) is 0. The number of para-hydroxylation sites is 2. The van der Waals surface area contributed by atoms with Gasteiger partial charge in [0.15, 0.2) is 0 Å². The maximum absolute atomic E-state index is 12.4. The van der Waals surface area contributed by atoms with Crippen LogP contribution in [0.2, 0.25) is 0 Å². The zero-order valence-electron chi connectivity index (χ0n) is 14.6. The fraction of sp³-hybridized carbons (Fsp3) is 0.150. The molecule has 132 valence electrons. The molecule has 3 aromatic rings. The number of methoxy groups -OCH3 is 1. The molecule has 0 bridgehead atoms. The first-order valence-electron chi connectivity index (χ1n) is 8.15. The predicted molar refractivity (Wildman–Crippen MR) is 100 cm³/mol. The second kappa shape index (κ2) is 7.65. The second-order valence-electron chi connectivity index (χ2n) is 5.78. The molecule has 0 spiro atoms. The fourth-order valence-corrected chi connectivity index (χ4v) is 2.64. The van der Waals surface area contributed by atoms with Crippen molar-refractivity contribution in [3.8, 4) is 17.0 Å². The summed E-state index contributed by atoms with van der Waals surface area (Å²) in [5.74, 6) is 0.195. The van der Waals surface area contributed by atoms with Gasteiger partial charge in [0.2, 0.25) is 5.91 Å². The van der Waals surface area contributed by atoms with Crippen LogP contribution in [0.15, 0.2) is 65.5 Å². The maximum atomic E-state index is 12.4. The Morgan fingerprint density at radius 3 is 2.58 bits per heavy atom. The first kappa shape index (κ1) is 17.4. The summed E-state index contributed by atoms with van der Waals surface area (Å²) in [6, 6.07) is 17.9. The Bertz CT molecular complexity index is 995. The van der Waals surface area contributed by atoms with E-state index in [0.717, 1.165) is 15.8 Å². The minimum absolute atomic E-state index is 0.184. The predicted octanol–water partition coefficient (Wildman–Crippen LogP) is 2.87. The number of rotatable bonds is 5. The van der Waals surface area contributed by atoms with Gasteiger partial charge < -0.3 is 10.1 Å². The third-order valence-electron chi connectivity index (χ3n) is 3.96. The zero-order valence-corrected chi connectivity index (χ0v) is 14.6. The normalized spacial score (nSPS) is 10.4. The van der Waals surface area contributed by atoms with Crippen LogP contribution in [0.1, 0.15) is 5.56 Å². The van der Waals surface area contributed by atoms with Crippen LogP contribution >= 0.6 is 0 Å². The van der Waals surface area contributed by atoms with Gasteiger partial charge in [-0.25, -0.2) is 4.68 Å². The van der Waals surface area contributed by atoms with E-state index >= 15 is 0 Å². The summed E-state index contributed by atoms with van der Waals surface area (Å²) in [5, 5.41) is 7.08. The number of hydrogen-bond donors (Lipinski definition) is 1. The molecule has 0 fully saturated rings. The number of amides is 1. The molecule has 6 heteroatoms. The number of anilines is 1. The van der Waals surface area contributed by atoms with Crippen LogP contribution in [0.3, 0.4) is 0 Å². The fourth-order valence-electron chi connectivity index (χ4n) is 2.64. The van der Waals surface area contributed by atoms with E-state index in [1.54, 1.807) is 24.3 Å². The molecule has 0 radical (unpaired) electrons. The van der Waals surface area contributed by atoms with Crippen molar-refractivity contribution >= 4 is 11.6 Å². The molecule has 1 amide bonds. The lowest BCUT2D eigenvalue weighted by atomic mass is 10.1. The molecule has 3 rings (SSSR count). The highest BCUT2D eigenvalue weighted by atomic mass is 16.5. The lowest BCUT2D eigenvalue weighted by Gasteiger charge is -2.11. The Morgan fingerprint density at radius 1 is 1.08 bits per heavy atom. The monoisotopic (exact) mass is 349 g/mol. The number of ether oxygens (including phenoxy) is 1. The number of carbonyl (C=O) groups excluding carboxylic acids is 1. The van der Waals surface area contributed by atoms with Gasteiger partial charge in [-0.15, -0.1) is 0 Å². The van der Waals surface area contributed by atoms with Crippen molar-refractivity contribution < 1.29 is 9.53 Å². The summed E-state index contributed by atoms with van der Waals surface area (Å²) < 4.78 is 6.37. The highest BCUT2D eigenvalue weighted by Crippen LogP contribution is 2.23. The van der Waals surface area contributed by atoms with Crippen LogP contribution in [0, 0.1) is 6.92 Å². The van der Waals surface area contributed by atoms with Crippen molar-refractivity contribution in [3.63, 3.8) is 0 Å². The van der Waals surface area contributed by atoms with E-state index in [9.17, 15) is 9.59 Å². The number of aryl methyl sites for hydroxylation is 1. The molecule has 1 N–H and O–H groups in total. The lowest BCUT2D eigenvalue weighted by molar-refractivity contribution is -0.117. The molecule has 2 aromatic carbocycles. The highest BCUT2D eigenvalue weighted by molar-refractivity contribution is 5.92. The van der Waals surface area contributed by atoms with Crippen LogP contribution < -0.4 is 15.6 Å². The van der Waals surface area contributed by atoms with Gasteiger partial charge in [-0.3, -0.25) is 9.59 Å². The van der Waals surface area contributed by atoms with Crippen LogP contribution in [0.25, 0.3) is 11.3 Å². The molecular weight excluding hydrogens is 330 g/mol. The number of benzene rings is 2. The molecule has 0 aliphatic carbocycles. The summed E-state index contributed by atoms with van der Waals surface area (Å²) in [6.45, 7) is 1.79. The summed E-state index contributed by atoms with van der Waals surface area (Å²) in [4.78, 5) is 24.4. The minimum Gasteiger partial charge on any atom is -0.495 e. The first-order chi connectivity index (χ1) is 12.6. The average molecular weight is 349 g/mol. The molecule has 0 atom stereocenters. The minimum atomic E-state index is -0.356. The Hall–Kier alpha value is -3.41. The van der Waals surface area contributed by atoms with E-state index in [4.69, 9.17) is 4.74 Å². The SMILES string of the molecule is COc1ccccc1NC(=O)Cn1nc(-c2ccccc2C)ccc1=O. The van der Waals surface area contributed by atoms with Gasteiger partial charge in [0.05, 0.1) is 18.5 Å². The molecule has 26 heavy (non-hydrogen) atoms. The van der Waals surface area contributed by atoms with Crippen LogP contribution in [0.5, 0.6) is 5.75 Å². The average Bonchev–Trinajstić information content (AvgIpc) is 2.64. The third-order valence-corrected chi connectivity index (χ3v) is 3.96. The molecule has 6 nitrogen and oxygen atoms in total. The second-order valence-corrected chi connectivity index (χ2v) is 5.78. The molecule has 1 heterocycles. The largest absolute Gasteiger partial charge is 0.495 e. The van der Waals surface area contributed by atoms with E-state index in [-0.39, 0.29) is 18.0 Å². The van der Waals surface area contributed by atoms with Gasteiger partial charge in [0.25, 0.3) is 5.56 Å². The Kier molecular flexibility index (Phi) is 5.12. The maximum Gasteiger partial charge on any atom is 0.267 e. The van der Waals surface area contributed by atoms with Crippen molar-refractivity contribution in [1.29, 1.82) is 0 Å². The van der Waals surface area contributed by atoms with Crippen LogP contribution in [-0.4, -0.2) is 22.8 Å². The molecular formula is C20H19N3O3. The number of hydrogen-bond acceptors (Lipinski definition) is 4. The van der Waals surface area contributed by atoms with Gasteiger partial charge in [-0.1, -0.05) is 36.4 Å². The van der Waals surface area contributed by atoms with Gasteiger partial charge in [0.1, 0.15) is 12.3 Å². The van der Waals surface area contributed by atoms with E-state index in [0.29, 0.717) is 17.1 Å². The molecule has 0 saturated heterocycles. The van der Waals surface area contributed by atoms with Crippen molar-refractivity contribution in [2.75, 3.05) is 12.4 Å². The van der Waals surface area contributed by atoms with E-state index < -0.39 is 0 Å². The Labute approximate surface area is 151 Å². The standard InChI is InChI=1S/C20H19N3O3/c1-14-7-3-4-8-15(14)16-11-12-20(25)23(22-16)13-19(24)21-17-9-5-6-10-18(17)26-2/h3-12H,13H2,1-2H3,(H,21,24). The Morgan fingerprint density at radius 2 is 1.81 bits per heavy atom. The van der Waals surface area contributed by atoms with Gasteiger partial charge in [-0.05, 0) is 30.7 Å². The Balaban J connectivity index is 1.83. The number of nitrogens with one attached hydrogen (secondary N) is 1. The van der Waals surface area contributed by atoms with Crippen molar-refractivity contribution in [2.24, 2.45) is 0 Å². The zero-order chi connectivity index (χ0) is 18.5. The summed E-state index contributed by atoms with van der Waals surface area (Å²) >= 11 is 0. The van der Waals surface area contributed by atoms with Gasteiger partial charge >= 0.3 is 0 Å².